The Balaban J connectivity index is 3.14. The molecule has 1 N–H and O–H groups in total. The zero-order valence-corrected chi connectivity index (χ0v) is 10.5. The van der Waals surface area contributed by atoms with Gasteiger partial charge in [0.05, 0.1) is 15.5 Å². The molecule has 1 aromatic rings. The van der Waals surface area contributed by atoms with Crippen LogP contribution in [0.4, 0.5) is 15.8 Å². The summed E-state index contributed by atoms with van der Waals surface area (Å²) in [5, 5.41) is 13.7. The second-order valence-electron chi connectivity index (χ2n) is 3.49. The van der Waals surface area contributed by atoms with E-state index >= 15 is 0 Å². The highest BCUT2D eigenvalue weighted by molar-refractivity contribution is 9.10. The number of nitro benzene ring substituents is 1. The summed E-state index contributed by atoms with van der Waals surface area (Å²) >= 11 is 3.00. The number of hydrogen-bond acceptors (Lipinski definition) is 3. The molecule has 1 rings (SSSR count). The predicted molar refractivity (Wildman–Crippen MR) is 64.1 cm³/mol. The van der Waals surface area contributed by atoms with Crippen LogP contribution in [0.5, 0.6) is 0 Å². The van der Waals surface area contributed by atoms with Crippen LogP contribution in [0.1, 0.15) is 20.3 Å². The third kappa shape index (κ3) is 2.91. The van der Waals surface area contributed by atoms with Crippen LogP contribution in [0.25, 0.3) is 0 Å². The maximum Gasteiger partial charge on any atom is 0.295 e. The number of nitrogens with zero attached hydrogens (tertiary/aromatic N) is 1. The van der Waals surface area contributed by atoms with Gasteiger partial charge in [-0.05, 0) is 35.3 Å². The van der Waals surface area contributed by atoms with E-state index in [1.54, 1.807) is 0 Å². The molecular weight excluding hydrogens is 279 g/mol. The standard InChI is InChI=1S/C10H12BrFN2O2/c1-3-6(2)13-9-4-7(11)8(12)5-10(9)14(15)16/h4-6,13H,3H2,1-2H3. The molecule has 1 atom stereocenters. The van der Waals surface area contributed by atoms with Crippen molar-refractivity contribution in [1.29, 1.82) is 0 Å². The normalized spacial score (nSPS) is 12.2. The van der Waals surface area contributed by atoms with Gasteiger partial charge in [0.25, 0.3) is 5.69 Å². The van der Waals surface area contributed by atoms with Gasteiger partial charge in [0.1, 0.15) is 11.5 Å². The summed E-state index contributed by atoms with van der Waals surface area (Å²) in [5.41, 5.74) is 0.0774. The van der Waals surface area contributed by atoms with Gasteiger partial charge in [-0.25, -0.2) is 4.39 Å². The number of benzene rings is 1. The molecule has 0 aromatic heterocycles. The van der Waals surface area contributed by atoms with E-state index in [9.17, 15) is 14.5 Å². The van der Waals surface area contributed by atoms with Crippen LogP contribution in [-0.2, 0) is 0 Å². The highest BCUT2D eigenvalue weighted by Crippen LogP contribution is 2.31. The van der Waals surface area contributed by atoms with E-state index in [1.165, 1.54) is 6.07 Å². The number of nitro groups is 1. The first-order chi connectivity index (χ1) is 7.45. The minimum absolute atomic E-state index is 0.0936. The quantitative estimate of drug-likeness (QED) is 0.679. The Labute approximate surface area is 101 Å². The fourth-order valence-electron chi connectivity index (χ4n) is 1.17. The van der Waals surface area contributed by atoms with Crippen molar-refractivity contribution in [3.8, 4) is 0 Å². The highest BCUT2D eigenvalue weighted by atomic mass is 79.9. The molecule has 0 aliphatic heterocycles. The second-order valence-corrected chi connectivity index (χ2v) is 4.35. The molecular formula is C10H12BrFN2O2. The van der Waals surface area contributed by atoms with Crippen molar-refractivity contribution >= 4 is 27.3 Å². The molecule has 0 fully saturated rings. The van der Waals surface area contributed by atoms with Gasteiger partial charge in [-0.15, -0.1) is 0 Å². The average Bonchev–Trinajstić information content (AvgIpc) is 2.22. The van der Waals surface area contributed by atoms with E-state index in [2.05, 4.69) is 21.2 Å². The minimum Gasteiger partial charge on any atom is -0.377 e. The predicted octanol–water partition coefficient (Wildman–Crippen LogP) is 3.71. The summed E-state index contributed by atoms with van der Waals surface area (Å²) in [7, 11) is 0. The van der Waals surface area contributed by atoms with Crippen LogP contribution in [0.2, 0.25) is 0 Å². The van der Waals surface area contributed by atoms with Crippen molar-refractivity contribution in [2.45, 2.75) is 26.3 Å². The lowest BCUT2D eigenvalue weighted by molar-refractivity contribution is -0.384. The molecule has 0 aliphatic carbocycles. The van der Waals surface area contributed by atoms with Crippen molar-refractivity contribution < 1.29 is 9.31 Å². The smallest absolute Gasteiger partial charge is 0.295 e. The Morgan fingerprint density at radius 2 is 2.25 bits per heavy atom. The first kappa shape index (κ1) is 12.9. The van der Waals surface area contributed by atoms with Gasteiger partial charge in [0.15, 0.2) is 0 Å². The van der Waals surface area contributed by atoms with Crippen LogP contribution < -0.4 is 5.32 Å². The number of hydrogen-bond donors (Lipinski definition) is 1. The van der Waals surface area contributed by atoms with E-state index in [4.69, 9.17) is 0 Å². The molecule has 88 valence electrons. The number of halogens is 2. The topological polar surface area (TPSA) is 55.2 Å². The van der Waals surface area contributed by atoms with E-state index in [1.807, 2.05) is 13.8 Å². The summed E-state index contributed by atoms with van der Waals surface area (Å²) < 4.78 is 13.4. The molecule has 1 aromatic carbocycles. The van der Waals surface area contributed by atoms with Crippen LogP contribution in [-0.4, -0.2) is 11.0 Å². The van der Waals surface area contributed by atoms with Gasteiger partial charge in [0, 0.05) is 6.04 Å². The van der Waals surface area contributed by atoms with Gasteiger partial charge < -0.3 is 5.32 Å². The number of nitrogens with one attached hydrogen (secondary N) is 1. The zero-order valence-electron chi connectivity index (χ0n) is 8.96. The molecule has 4 nitrogen and oxygen atoms in total. The molecule has 1 unspecified atom stereocenters. The van der Waals surface area contributed by atoms with Gasteiger partial charge in [0.2, 0.25) is 0 Å². The molecule has 0 heterocycles. The average molecular weight is 291 g/mol. The molecule has 0 radical (unpaired) electrons. The number of anilines is 1. The Bertz CT molecular complexity index is 412. The van der Waals surface area contributed by atoms with Gasteiger partial charge in [-0.1, -0.05) is 6.92 Å². The van der Waals surface area contributed by atoms with E-state index in [0.717, 1.165) is 12.5 Å². The van der Waals surface area contributed by atoms with Crippen LogP contribution in [0.3, 0.4) is 0 Å². The molecule has 0 saturated heterocycles. The lowest BCUT2D eigenvalue weighted by Gasteiger charge is -2.13. The van der Waals surface area contributed by atoms with Crippen molar-refractivity contribution in [2.24, 2.45) is 0 Å². The Morgan fingerprint density at radius 3 is 2.75 bits per heavy atom. The highest BCUT2D eigenvalue weighted by Gasteiger charge is 2.18. The first-order valence-corrected chi connectivity index (χ1v) is 5.65. The lowest BCUT2D eigenvalue weighted by atomic mass is 10.2. The van der Waals surface area contributed by atoms with E-state index in [0.29, 0.717) is 5.69 Å². The Morgan fingerprint density at radius 1 is 1.62 bits per heavy atom. The largest absolute Gasteiger partial charge is 0.377 e. The van der Waals surface area contributed by atoms with Crippen molar-refractivity contribution in [3.63, 3.8) is 0 Å². The molecule has 0 bridgehead atoms. The molecule has 0 amide bonds. The first-order valence-electron chi connectivity index (χ1n) is 4.85. The summed E-state index contributed by atoms with van der Waals surface area (Å²) in [6, 6.07) is 2.39. The summed E-state index contributed by atoms with van der Waals surface area (Å²) in [6.07, 6.45) is 0.826. The Kier molecular flexibility index (Phi) is 4.23. The summed E-state index contributed by atoms with van der Waals surface area (Å²) in [4.78, 5) is 10.1. The molecule has 0 aliphatic rings. The van der Waals surface area contributed by atoms with Gasteiger partial charge in [-0.3, -0.25) is 10.1 Å². The van der Waals surface area contributed by atoms with Gasteiger partial charge in [-0.2, -0.15) is 0 Å². The van der Waals surface area contributed by atoms with E-state index < -0.39 is 10.7 Å². The van der Waals surface area contributed by atoms with Crippen molar-refractivity contribution in [3.05, 3.63) is 32.5 Å². The summed E-state index contributed by atoms with van der Waals surface area (Å²) in [6.45, 7) is 3.86. The van der Waals surface area contributed by atoms with Crippen molar-refractivity contribution in [1.82, 2.24) is 0 Å². The lowest BCUT2D eigenvalue weighted by Crippen LogP contribution is -2.14. The fourth-order valence-corrected chi connectivity index (χ4v) is 1.51. The monoisotopic (exact) mass is 290 g/mol. The number of rotatable bonds is 4. The molecule has 16 heavy (non-hydrogen) atoms. The summed E-state index contributed by atoms with van der Waals surface area (Å²) in [5.74, 6) is -0.638. The molecule has 0 spiro atoms. The third-order valence-electron chi connectivity index (χ3n) is 2.25. The van der Waals surface area contributed by atoms with Gasteiger partial charge >= 0.3 is 0 Å². The third-order valence-corrected chi connectivity index (χ3v) is 2.86. The molecule has 0 saturated carbocycles. The van der Waals surface area contributed by atoms with Crippen molar-refractivity contribution in [2.75, 3.05) is 5.32 Å². The SMILES string of the molecule is CCC(C)Nc1cc(Br)c(F)cc1[N+](=O)[O-]. The second kappa shape index (κ2) is 5.25. The maximum atomic E-state index is 13.2. The Hall–Kier alpha value is -1.17. The zero-order chi connectivity index (χ0) is 12.3. The minimum atomic E-state index is -0.638. The van der Waals surface area contributed by atoms with Crippen LogP contribution in [0.15, 0.2) is 16.6 Å². The maximum absolute atomic E-state index is 13.2. The van der Waals surface area contributed by atoms with Crippen LogP contribution in [0, 0.1) is 15.9 Å². The van der Waals surface area contributed by atoms with E-state index in [-0.39, 0.29) is 16.2 Å². The van der Waals surface area contributed by atoms with Crippen LogP contribution >= 0.6 is 15.9 Å². The molecule has 6 heteroatoms. The fraction of sp³-hybridized carbons (Fsp3) is 0.400.